The second-order valence-corrected chi connectivity index (χ2v) is 4.32. The highest BCUT2D eigenvalue weighted by molar-refractivity contribution is 5.00. The lowest BCUT2D eigenvalue weighted by molar-refractivity contribution is 0.101. The molecule has 0 bridgehead atoms. The van der Waals surface area contributed by atoms with Crippen LogP contribution in [0, 0.1) is 0 Å². The monoisotopic (exact) mass is 211 g/mol. The SMILES string of the molecule is CC(O)CN(Cc1ccnn1C)C(C)C. The molecule has 1 heterocycles. The number of aryl methyl sites for hydroxylation is 1. The second kappa shape index (κ2) is 5.28. The van der Waals surface area contributed by atoms with Crippen LogP contribution in [-0.4, -0.2) is 38.5 Å². The highest BCUT2D eigenvalue weighted by atomic mass is 16.3. The first-order valence-electron chi connectivity index (χ1n) is 5.39. The third-order valence-electron chi connectivity index (χ3n) is 2.52. The Kier molecular flexibility index (Phi) is 4.29. The van der Waals surface area contributed by atoms with E-state index in [1.165, 1.54) is 5.69 Å². The van der Waals surface area contributed by atoms with E-state index in [-0.39, 0.29) is 6.10 Å². The van der Waals surface area contributed by atoms with Crippen LogP contribution in [0.4, 0.5) is 0 Å². The van der Waals surface area contributed by atoms with Crippen molar-refractivity contribution < 1.29 is 5.11 Å². The first-order chi connectivity index (χ1) is 7.00. The highest BCUT2D eigenvalue weighted by Gasteiger charge is 2.13. The third-order valence-corrected chi connectivity index (χ3v) is 2.52. The Labute approximate surface area is 91.5 Å². The molecule has 0 fully saturated rings. The molecule has 0 radical (unpaired) electrons. The fourth-order valence-corrected chi connectivity index (χ4v) is 1.56. The lowest BCUT2D eigenvalue weighted by Crippen LogP contribution is -2.36. The van der Waals surface area contributed by atoms with E-state index in [0.29, 0.717) is 12.6 Å². The van der Waals surface area contributed by atoms with E-state index in [9.17, 15) is 5.11 Å². The molecule has 4 heteroatoms. The van der Waals surface area contributed by atoms with Crippen LogP contribution in [0.25, 0.3) is 0 Å². The van der Waals surface area contributed by atoms with Crippen LogP contribution in [-0.2, 0) is 13.6 Å². The van der Waals surface area contributed by atoms with Crippen LogP contribution >= 0.6 is 0 Å². The average Bonchev–Trinajstić information content (AvgIpc) is 2.50. The quantitative estimate of drug-likeness (QED) is 0.790. The summed E-state index contributed by atoms with van der Waals surface area (Å²) < 4.78 is 1.87. The normalized spacial score (nSPS) is 13.8. The number of aliphatic hydroxyl groups excluding tert-OH is 1. The Morgan fingerprint density at radius 2 is 2.13 bits per heavy atom. The predicted molar refractivity (Wildman–Crippen MR) is 60.4 cm³/mol. The van der Waals surface area contributed by atoms with Crippen molar-refractivity contribution in [3.05, 3.63) is 18.0 Å². The van der Waals surface area contributed by atoms with E-state index in [1.807, 2.05) is 24.7 Å². The molecule has 0 saturated carbocycles. The molecule has 0 spiro atoms. The van der Waals surface area contributed by atoms with E-state index >= 15 is 0 Å². The predicted octanol–water partition coefficient (Wildman–Crippen LogP) is 1.01. The van der Waals surface area contributed by atoms with E-state index in [2.05, 4.69) is 23.8 Å². The van der Waals surface area contributed by atoms with Crippen molar-refractivity contribution in [3.63, 3.8) is 0 Å². The van der Waals surface area contributed by atoms with Gasteiger partial charge in [-0.2, -0.15) is 5.10 Å². The Balaban J connectivity index is 2.63. The smallest absolute Gasteiger partial charge is 0.0639 e. The molecule has 0 aliphatic rings. The largest absolute Gasteiger partial charge is 0.392 e. The van der Waals surface area contributed by atoms with Gasteiger partial charge in [0, 0.05) is 32.4 Å². The number of aliphatic hydroxyl groups is 1. The number of hydrogen-bond acceptors (Lipinski definition) is 3. The van der Waals surface area contributed by atoms with Crippen molar-refractivity contribution >= 4 is 0 Å². The summed E-state index contributed by atoms with van der Waals surface area (Å²) in [5.41, 5.74) is 1.17. The van der Waals surface area contributed by atoms with Crippen LogP contribution < -0.4 is 0 Å². The minimum Gasteiger partial charge on any atom is -0.392 e. The van der Waals surface area contributed by atoms with Gasteiger partial charge < -0.3 is 5.11 Å². The average molecular weight is 211 g/mol. The fraction of sp³-hybridized carbons (Fsp3) is 0.727. The fourth-order valence-electron chi connectivity index (χ4n) is 1.56. The lowest BCUT2D eigenvalue weighted by atomic mass is 10.2. The number of hydrogen-bond donors (Lipinski definition) is 1. The molecule has 1 rings (SSSR count). The van der Waals surface area contributed by atoms with Gasteiger partial charge in [-0.1, -0.05) is 0 Å². The van der Waals surface area contributed by atoms with Crippen LogP contribution in [0.2, 0.25) is 0 Å². The molecule has 1 N–H and O–H groups in total. The summed E-state index contributed by atoms with van der Waals surface area (Å²) in [6.45, 7) is 7.62. The summed E-state index contributed by atoms with van der Waals surface area (Å²) in [5, 5.41) is 13.5. The zero-order valence-corrected chi connectivity index (χ0v) is 10.0. The summed E-state index contributed by atoms with van der Waals surface area (Å²) in [4.78, 5) is 2.24. The minimum atomic E-state index is -0.291. The summed E-state index contributed by atoms with van der Waals surface area (Å²) in [5.74, 6) is 0. The molecular formula is C11H21N3O. The first kappa shape index (κ1) is 12.2. The maximum Gasteiger partial charge on any atom is 0.0639 e. The molecular weight excluding hydrogens is 190 g/mol. The molecule has 1 aromatic rings. The zero-order valence-electron chi connectivity index (χ0n) is 10.0. The Morgan fingerprint density at radius 1 is 1.47 bits per heavy atom. The van der Waals surface area contributed by atoms with Crippen LogP contribution in [0.15, 0.2) is 12.3 Å². The van der Waals surface area contributed by atoms with Gasteiger partial charge in [0.25, 0.3) is 0 Å². The zero-order chi connectivity index (χ0) is 11.4. The maximum atomic E-state index is 9.41. The van der Waals surface area contributed by atoms with Gasteiger partial charge in [-0.05, 0) is 26.8 Å². The molecule has 86 valence electrons. The van der Waals surface area contributed by atoms with Crippen molar-refractivity contribution in [3.8, 4) is 0 Å². The number of rotatable bonds is 5. The highest BCUT2D eigenvalue weighted by Crippen LogP contribution is 2.07. The topological polar surface area (TPSA) is 41.3 Å². The second-order valence-electron chi connectivity index (χ2n) is 4.32. The number of aromatic nitrogens is 2. The lowest BCUT2D eigenvalue weighted by Gasteiger charge is -2.27. The van der Waals surface area contributed by atoms with Gasteiger partial charge in [0.15, 0.2) is 0 Å². The van der Waals surface area contributed by atoms with Gasteiger partial charge >= 0.3 is 0 Å². The van der Waals surface area contributed by atoms with Gasteiger partial charge in [-0.3, -0.25) is 9.58 Å². The molecule has 1 aromatic heterocycles. The van der Waals surface area contributed by atoms with Crippen LogP contribution in [0.5, 0.6) is 0 Å². The Morgan fingerprint density at radius 3 is 2.53 bits per heavy atom. The molecule has 0 aliphatic heterocycles. The van der Waals surface area contributed by atoms with Gasteiger partial charge in [-0.15, -0.1) is 0 Å². The Bertz CT molecular complexity index is 294. The van der Waals surface area contributed by atoms with Gasteiger partial charge in [-0.25, -0.2) is 0 Å². The summed E-state index contributed by atoms with van der Waals surface area (Å²) in [6, 6.07) is 2.44. The molecule has 0 aromatic carbocycles. The van der Waals surface area contributed by atoms with Crippen molar-refractivity contribution in [2.45, 2.75) is 39.5 Å². The van der Waals surface area contributed by atoms with Crippen molar-refractivity contribution in [1.29, 1.82) is 0 Å². The van der Waals surface area contributed by atoms with Gasteiger partial charge in [0.2, 0.25) is 0 Å². The van der Waals surface area contributed by atoms with Crippen molar-refractivity contribution in [2.24, 2.45) is 7.05 Å². The minimum absolute atomic E-state index is 0.291. The van der Waals surface area contributed by atoms with Crippen molar-refractivity contribution in [2.75, 3.05) is 6.54 Å². The number of nitrogens with zero attached hydrogens (tertiary/aromatic N) is 3. The van der Waals surface area contributed by atoms with Gasteiger partial charge in [0.1, 0.15) is 0 Å². The molecule has 0 aliphatic carbocycles. The summed E-state index contributed by atoms with van der Waals surface area (Å²) in [6.07, 6.45) is 1.51. The Hall–Kier alpha value is -0.870. The molecule has 15 heavy (non-hydrogen) atoms. The van der Waals surface area contributed by atoms with E-state index in [4.69, 9.17) is 0 Å². The van der Waals surface area contributed by atoms with E-state index in [0.717, 1.165) is 6.54 Å². The molecule has 1 atom stereocenters. The van der Waals surface area contributed by atoms with Crippen LogP contribution in [0.3, 0.4) is 0 Å². The molecule has 0 amide bonds. The summed E-state index contributed by atoms with van der Waals surface area (Å²) in [7, 11) is 1.94. The molecule has 1 unspecified atom stereocenters. The molecule has 0 saturated heterocycles. The summed E-state index contributed by atoms with van der Waals surface area (Å²) >= 11 is 0. The van der Waals surface area contributed by atoms with Gasteiger partial charge in [0.05, 0.1) is 11.8 Å². The van der Waals surface area contributed by atoms with Crippen molar-refractivity contribution in [1.82, 2.24) is 14.7 Å². The van der Waals surface area contributed by atoms with E-state index in [1.54, 1.807) is 6.20 Å². The molecule has 4 nitrogen and oxygen atoms in total. The first-order valence-corrected chi connectivity index (χ1v) is 5.39. The maximum absolute atomic E-state index is 9.41. The third kappa shape index (κ3) is 3.64. The van der Waals surface area contributed by atoms with E-state index < -0.39 is 0 Å². The standard InChI is InChI=1S/C11H21N3O/c1-9(2)14(7-10(3)15)8-11-5-6-12-13(11)4/h5-6,9-10,15H,7-8H2,1-4H3. The van der Waals surface area contributed by atoms with Crippen LogP contribution in [0.1, 0.15) is 26.5 Å².